The van der Waals surface area contributed by atoms with Crippen LogP contribution in [-0.4, -0.2) is 33.0 Å². The molecule has 1 heterocycles. The Hall–Kier alpha value is -2.77. The summed E-state index contributed by atoms with van der Waals surface area (Å²) in [5, 5.41) is 12.7. The highest BCUT2D eigenvalue weighted by Crippen LogP contribution is 2.26. The Balaban J connectivity index is 1.56. The van der Waals surface area contributed by atoms with Crippen molar-refractivity contribution in [3.8, 4) is 5.75 Å². The molecule has 1 unspecified atom stereocenters. The van der Waals surface area contributed by atoms with Gasteiger partial charge in [-0.2, -0.15) is 0 Å². The number of nitrogens with one attached hydrogen (secondary N) is 1. The van der Waals surface area contributed by atoms with E-state index < -0.39 is 0 Å². The number of hydrogen-bond donors (Lipinski definition) is 1. The molecule has 0 aliphatic heterocycles. The van der Waals surface area contributed by atoms with Crippen LogP contribution in [0, 0.1) is 0 Å². The van der Waals surface area contributed by atoms with Crippen molar-refractivity contribution in [3.05, 3.63) is 83.7 Å². The van der Waals surface area contributed by atoms with Crippen LogP contribution >= 0.6 is 23.4 Å². The molecule has 2 aromatic carbocycles. The number of rotatable bonds is 11. The van der Waals surface area contributed by atoms with Crippen molar-refractivity contribution in [2.45, 2.75) is 31.1 Å². The van der Waals surface area contributed by atoms with Gasteiger partial charge in [-0.05, 0) is 37.1 Å². The molecule has 0 radical (unpaired) electrons. The highest BCUT2D eigenvalue weighted by atomic mass is 35.5. The van der Waals surface area contributed by atoms with E-state index in [9.17, 15) is 4.79 Å². The van der Waals surface area contributed by atoms with Gasteiger partial charge in [-0.25, -0.2) is 0 Å². The molecular formula is C23H25ClN4O2S. The van der Waals surface area contributed by atoms with E-state index >= 15 is 0 Å². The van der Waals surface area contributed by atoms with E-state index in [0.29, 0.717) is 34.8 Å². The zero-order valence-corrected chi connectivity index (χ0v) is 18.9. The molecule has 3 rings (SSSR count). The third-order valence-corrected chi connectivity index (χ3v) is 5.64. The zero-order valence-electron chi connectivity index (χ0n) is 17.3. The van der Waals surface area contributed by atoms with Crippen molar-refractivity contribution >= 4 is 29.3 Å². The molecule has 1 N–H and O–H groups in total. The molecule has 1 aromatic heterocycles. The molecule has 0 aliphatic rings. The fourth-order valence-corrected chi connectivity index (χ4v) is 3.94. The largest absolute Gasteiger partial charge is 0.483 e. The summed E-state index contributed by atoms with van der Waals surface area (Å²) in [6.45, 7) is 6.83. The van der Waals surface area contributed by atoms with Crippen molar-refractivity contribution in [2.24, 2.45) is 0 Å². The van der Waals surface area contributed by atoms with Gasteiger partial charge in [0.05, 0.1) is 5.75 Å². The summed E-state index contributed by atoms with van der Waals surface area (Å²) >= 11 is 7.37. The number of aromatic nitrogens is 3. The lowest BCUT2D eigenvalue weighted by Crippen LogP contribution is -2.27. The van der Waals surface area contributed by atoms with E-state index in [1.807, 2.05) is 54.0 Å². The Bertz CT molecular complexity index is 1010. The Morgan fingerprint density at radius 1 is 1.26 bits per heavy atom. The van der Waals surface area contributed by atoms with Crippen LogP contribution in [0.5, 0.6) is 5.75 Å². The van der Waals surface area contributed by atoms with Crippen LogP contribution in [0.25, 0.3) is 0 Å². The summed E-state index contributed by atoms with van der Waals surface area (Å²) in [6.07, 6.45) is 2.22. The number of amides is 1. The highest BCUT2D eigenvalue weighted by Gasteiger charge is 2.19. The van der Waals surface area contributed by atoms with Crippen LogP contribution in [0.1, 0.15) is 24.4 Å². The Labute approximate surface area is 191 Å². The van der Waals surface area contributed by atoms with Gasteiger partial charge >= 0.3 is 0 Å². The summed E-state index contributed by atoms with van der Waals surface area (Å²) in [6, 6.07) is 17.3. The maximum Gasteiger partial charge on any atom is 0.230 e. The monoisotopic (exact) mass is 456 g/mol. The van der Waals surface area contributed by atoms with Gasteiger partial charge in [0.1, 0.15) is 5.75 Å². The van der Waals surface area contributed by atoms with E-state index in [0.717, 1.165) is 6.42 Å². The van der Waals surface area contributed by atoms with Crippen LogP contribution in [0.3, 0.4) is 0 Å². The molecule has 0 saturated carbocycles. The lowest BCUT2D eigenvalue weighted by Gasteiger charge is -2.16. The summed E-state index contributed by atoms with van der Waals surface area (Å²) in [5.41, 5.74) is 1.19. The first kappa shape index (κ1) is 22.9. The molecule has 6 nitrogen and oxygen atoms in total. The van der Waals surface area contributed by atoms with Crippen LogP contribution in [0.2, 0.25) is 5.02 Å². The zero-order chi connectivity index (χ0) is 22.1. The number of thioether (sulfide) groups is 1. The summed E-state index contributed by atoms with van der Waals surface area (Å²) in [7, 11) is 0. The molecule has 162 valence electrons. The van der Waals surface area contributed by atoms with Gasteiger partial charge in [0, 0.05) is 18.1 Å². The second kappa shape index (κ2) is 11.6. The molecule has 0 aliphatic carbocycles. The number of benzene rings is 2. The van der Waals surface area contributed by atoms with Gasteiger partial charge in [0.15, 0.2) is 17.1 Å². The second-order valence-electron chi connectivity index (χ2n) is 6.83. The first-order valence-electron chi connectivity index (χ1n) is 9.96. The SMILES string of the molecule is C=CCn1c(SCC(=O)NCCc2ccccc2)nnc1C(C)Oc1cccc(Cl)c1. The van der Waals surface area contributed by atoms with Crippen molar-refractivity contribution in [1.82, 2.24) is 20.1 Å². The minimum absolute atomic E-state index is 0.0427. The molecule has 1 amide bonds. The van der Waals surface area contributed by atoms with E-state index in [2.05, 4.69) is 22.1 Å². The van der Waals surface area contributed by atoms with Crippen LogP contribution in [0.15, 0.2) is 72.4 Å². The Morgan fingerprint density at radius 3 is 2.81 bits per heavy atom. The first-order valence-corrected chi connectivity index (χ1v) is 11.3. The standard InChI is InChI=1S/C23H25ClN4O2S/c1-3-14-28-22(17(2)30-20-11-7-10-19(24)15-20)26-27-23(28)31-16-21(29)25-13-12-18-8-5-4-6-9-18/h3-11,15,17H,1,12-14,16H2,2H3,(H,25,29). The molecular weight excluding hydrogens is 432 g/mol. The average Bonchev–Trinajstić information content (AvgIpc) is 3.16. The van der Waals surface area contributed by atoms with Gasteiger partial charge in [-0.3, -0.25) is 9.36 Å². The number of nitrogens with zero attached hydrogens (tertiary/aromatic N) is 3. The third-order valence-electron chi connectivity index (χ3n) is 4.44. The number of hydrogen-bond acceptors (Lipinski definition) is 5. The van der Waals surface area contributed by atoms with E-state index in [4.69, 9.17) is 16.3 Å². The average molecular weight is 457 g/mol. The first-order chi connectivity index (χ1) is 15.1. The molecule has 0 bridgehead atoms. The van der Waals surface area contributed by atoms with Crippen molar-refractivity contribution < 1.29 is 9.53 Å². The summed E-state index contributed by atoms with van der Waals surface area (Å²) in [4.78, 5) is 12.2. The van der Waals surface area contributed by atoms with Gasteiger partial charge < -0.3 is 10.1 Å². The molecule has 0 fully saturated rings. The number of halogens is 1. The van der Waals surface area contributed by atoms with Crippen LogP contribution < -0.4 is 10.1 Å². The van der Waals surface area contributed by atoms with E-state index in [1.165, 1.54) is 17.3 Å². The quantitative estimate of drug-likeness (QED) is 0.334. The van der Waals surface area contributed by atoms with Crippen molar-refractivity contribution in [3.63, 3.8) is 0 Å². The van der Waals surface area contributed by atoms with Gasteiger partial charge in [0.2, 0.25) is 5.91 Å². The fourth-order valence-electron chi connectivity index (χ4n) is 2.98. The van der Waals surface area contributed by atoms with Gasteiger partial charge in [-0.1, -0.05) is 65.8 Å². The predicted molar refractivity (Wildman–Crippen MR) is 125 cm³/mol. The number of allylic oxidation sites excluding steroid dienone is 1. The number of ether oxygens (including phenoxy) is 1. The lowest BCUT2D eigenvalue weighted by molar-refractivity contribution is -0.118. The van der Waals surface area contributed by atoms with Gasteiger partial charge in [0.25, 0.3) is 0 Å². The smallest absolute Gasteiger partial charge is 0.230 e. The fraction of sp³-hybridized carbons (Fsp3) is 0.261. The molecule has 3 aromatic rings. The highest BCUT2D eigenvalue weighted by molar-refractivity contribution is 7.99. The van der Waals surface area contributed by atoms with Crippen molar-refractivity contribution in [1.29, 1.82) is 0 Å². The van der Waals surface area contributed by atoms with Gasteiger partial charge in [-0.15, -0.1) is 16.8 Å². The van der Waals surface area contributed by atoms with Crippen molar-refractivity contribution in [2.75, 3.05) is 12.3 Å². The third kappa shape index (κ3) is 6.87. The molecule has 31 heavy (non-hydrogen) atoms. The predicted octanol–water partition coefficient (Wildman–Crippen LogP) is 4.71. The summed E-state index contributed by atoms with van der Waals surface area (Å²) < 4.78 is 7.88. The summed E-state index contributed by atoms with van der Waals surface area (Å²) in [5.74, 6) is 1.53. The topological polar surface area (TPSA) is 69.0 Å². The van der Waals surface area contributed by atoms with E-state index in [1.54, 1.807) is 18.2 Å². The minimum Gasteiger partial charge on any atom is -0.483 e. The number of carbonyl (C=O) groups excluding carboxylic acids is 1. The normalized spacial score (nSPS) is 11.7. The van der Waals surface area contributed by atoms with Crippen LogP contribution in [-0.2, 0) is 17.8 Å². The number of carbonyl (C=O) groups is 1. The second-order valence-corrected chi connectivity index (χ2v) is 8.21. The van der Waals surface area contributed by atoms with E-state index in [-0.39, 0.29) is 17.8 Å². The molecule has 1 atom stereocenters. The minimum atomic E-state index is -0.347. The maximum absolute atomic E-state index is 12.2. The maximum atomic E-state index is 12.2. The lowest BCUT2D eigenvalue weighted by atomic mass is 10.1. The molecule has 8 heteroatoms. The molecule has 0 spiro atoms. The molecule has 0 saturated heterocycles. The van der Waals surface area contributed by atoms with Crippen LogP contribution in [0.4, 0.5) is 0 Å². The Kier molecular flexibility index (Phi) is 8.55. The Morgan fingerprint density at radius 2 is 2.06 bits per heavy atom.